The zero-order valence-corrected chi connectivity index (χ0v) is 70.9. The van der Waals surface area contributed by atoms with E-state index in [2.05, 4.69) is 93.4 Å². The number of aromatic nitrogens is 3. The zero-order valence-electron chi connectivity index (χ0n) is 64.8. The Kier molecular flexibility index (Phi) is 39.1. The third-order valence-electron chi connectivity index (χ3n) is 19.7. The number of nitrogen functional groups attached to an aromatic ring is 1. The lowest BCUT2D eigenvalue weighted by Crippen LogP contribution is -2.41. The number of hydrogen-bond donors (Lipinski definition) is 6. The van der Waals surface area contributed by atoms with Crippen LogP contribution in [0.1, 0.15) is 117 Å². The predicted octanol–water partition coefficient (Wildman–Crippen LogP) is 14.6. The largest absolute Gasteiger partial charge is 0.495 e. The minimum atomic E-state index is -4.22. The molecule has 8 aliphatic rings. The third kappa shape index (κ3) is 32.0. The van der Waals surface area contributed by atoms with Crippen molar-refractivity contribution in [3.63, 3.8) is 0 Å². The highest BCUT2D eigenvalue weighted by molar-refractivity contribution is 14.1. The Labute approximate surface area is 689 Å². The Morgan fingerprint density at radius 3 is 1.48 bits per heavy atom. The molecule has 8 saturated heterocycles. The number of anilines is 7. The lowest BCUT2D eigenvalue weighted by molar-refractivity contribution is -0.144. The van der Waals surface area contributed by atoms with Crippen LogP contribution in [0.15, 0.2) is 72.8 Å². The van der Waals surface area contributed by atoms with E-state index in [9.17, 15) is 40.3 Å². The number of aryl methyl sites for hydroxylation is 2. The number of hydrogen-bond acceptors (Lipinski definition) is 19. The summed E-state index contributed by atoms with van der Waals surface area (Å²) >= 11 is 4.44. The van der Waals surface area contributed by atoms with Crippen molar-refractivity contribution in [2.24, 2.45) is 17.6 Å². The maximum absolute atomic E-state index is 13.0. The second-order valence-corrected chi connectivity index (χ2v) is 31.6. The van der Waals surface area contributed by atoms with Crippen LogP contribution in [0.25, 0.3) is 11.1 Å². The van der Waals surface area contributed by atoms with Gasteiger partial charge < -0.3 is 90.1 Å². The van der Waals surface area contributed by atoms with Gasteiger partial charge in [0.05, 0.1) is 69.5 Å². The van der Waals surface area contributed by atoms with Crippen LogP contribution in [-0.2, 0) is 37.7 Å². The standard InChI is InChI=1S/C24H30F3N5O2.C20H28BF3N2O3.C14H20IN3O2.C9H10FIN2O.C5H11NO.C4H10O.ClH.H2S/c1-15-4-5-18(30-23(33)32-7-6-16(13-32)12-24(25,26)27)11-20(15)17-9-21(28)31-22(10-17)29-19-3-2-8-34-14-19;1-13-6-7-15(10-16(13)21-28-18(2,3)19(4,5)29-21)25-17(27)26-9-8-14(12-26)11-20(22,23)24;15-11-8-13(16-12-2-1-5-20-10-12)17-14(9-11)18-3-6-19-7-4-18;10-8-5-7(11)6-9(12-8)13-1-3-14-4-2-13;6-5-2-1-3-7-4-5;1-3-5-4-2;;/h4-5,9-11,16,19H,2-3,6-8,12-14H2,1H3,(H,30,33)(H3,28,29,31);6-7,10,14H,8-9,11-12H2,1-5H3,(H,25,27);8-9,12H,1-7,10H2,(H,16,17);5-6H,1-4H2;5H,1-4,6H2;3-4H2,1-2H3;1H;1H2/t16-,19-;14-;12-;;5-;;;/m000.0.../s1. The second kappa shape index (κ2) is 45.9. The molecule has 8 fully saturated rings. The molecule has 0 saturated carbocycles. The summed E-state index contributed by atoms with van der Waals surface area (Å²) in [5.74, 6) is 2.22. The van der Waals surface area contributed by atoms with Crippen molar-refractivity contribution >= 4 is 136 Å². The number of likely N-dealkylation sites (tertiary alicyclic amines) is 2. The zero-order chi connectivity index (χ0) is 78.9. The number of nitrogens with one attached hydrogen (secondary N) is 4. The van der Waals surface area contributed by atoms with Crippen molar-refractivity contribution in [3.05, 3.63) is 97.0 Å². The Bertz CT molecular complexity index is 3630. The highest BCUT2D eigenvalue weighted by atomic mass is 127. The molecule has 0 spiro atoms. The smallest absolute Gasteiger partial charge is 0.399 e. The molecule has 0 radical (unpaired) electrons. The number of carbonyl (C=O) groups is 2. The number of amides is 4. The molecule has 23 nitrogen and oxygen atoms in total. The minimum absolute atomic E-state index is 0. The van der Waals surface area contributed by atoms with E-state index >= 15 is 0 Å². The lowest BCUT2D eigenvalue weighted by Gasteiger charge is -2.32. The van der Waals surface area contributed by atoms with E-state index in [-0.39, 0.29) is 45.0 Å². The van der Waals surface area contributed by atoms with Crippen LogP contribution in [0.4, 0.5) is 80.8 Å². The minimum Gasteiger partial charge on any atom is -0.399 e. The summed E-state index contributed by atoms with van der Waals surface area (Å²) in [7, 11) is -0.556. The van der Waals surface area contributed by atoms with Crippen LogP contribution in [0.2, 0.25) is 0 Å². The number of alkyl halides is 6. The average Bonchev–Trinajstić information content (AvgIpc) is 1.57. The van der Waals surface area contributed by atoms with Gasteiger partial charge in [0.1, 0.15) is 29.1 Å². The third-order valence-corrected chi connectivity index (χ3v) is 20.9. The van der Waals surface area contributed by atoms with E-state index in [1.807, 2.05) is 90.6 Å². The van der Waals surface area contributed by atoms with Gasteiger partial charge in [-0.1, -0.05) is 17.7 Å². The first-order valence-electron chi connectivity index (χ1n) is 37.7. The maximum Gasteiger partial charge on any atom is 0.495 e. The number of ether oxygens (including phenoxy) is 6. The van der Waals surface area contributed by atoms with Crippen LogP contribution in [0.5, 0.6) is 0 Å². The number of benzene rings is 2. The van der Waals surface area contributed by atoms with Crippen LogP contribution in [-0.4, -0.2) is 217 Å². The summed E-state index contributed by atoms with van der Waals surface area (Å²) in [5.41, 5.74) is 16.3. The number of halogens is 10. The summed E-state index contributed by atoms with van der Waals surface area (Å²) in [6.07, 6.45) is -2.89. The molecule has 4 amide bonds. The molecule has 35 heteroatoms. The molecule has 5 atom stereocenters. The quantitative estimate of drug-likeness (QED) is 0.0261. The normalized spacial score (nSPS) is 21.4. The fourth-order valence-corrected chi connectivity index (χ4v) is 14.3. The first kappa shape index (κ1) is 94.6. The van der Waals surface area contributed by atoms with Gasteiger partial charge in [-0.25, -0.2) is 24.5 Å². The van der Waals surface area contributed by atoms with Gasteiger partial charge >= 0.3 is 31.5 Å². The number of pyridine rings is 3. The number of carbonyl (C=O) groups excluding carboxylic acids is 2. The van der Waals surface area contributed by atoms with Crippen molar-refractivity contribution in [1.29, 1.82) is 0 Å². The summed E-state index contributed by atoms with van der Waals surface area (Å²) in [5, 5.41) is 12.5. The summed E-state index contributed by atoms with van der Waals surface area (Å²) in [4.78, 5) is 45.4. The maximum atomic E-state index is 13.0. The van der Waals surface area contributed by atoms with E-state index < -0.39 is 73.4 Å². The van der Waals surface area contributed by atoms with Gasteiger partial charge in [0.25, 0.3) is 0 Å². The first-order chi connectivity index (χ1) is 51.8. The van der Waals surface area contributed by atoms with E-state index in [1.54, 1.807) is 24.3 Å². The molecule has 13 rings (SSSR count). The van der Waals surface area contributed by atoms with Gasteiger partial charge in [-0.05, 0) is 241 Å². The summed E-state index contributed by atoms with van der Waals surface area (Å²) in [6, 6.07) is 22.3. The predicted molar refractivity (Wildman–Crippen MR) is 447 cm³/mol. The van der Waals surface area contributed by atoms with Crippen LogP contribution in [0.3, 0.4) is 0 Å². The van der Waals surface area contributed by atoms with Crippen LogP contribution < -0.4 is 48.0 Å². The molecule has 0 aliphatic carbocycles. The monoisotopic (exact) mass is 1830 g/mol. The van der Waals surface area contributed by atoms with Gasteiger partial charge in [-0.3, -0.25) is 0 Å². The molecule has 8 aliphatic heterocycles. The van der Waals surface area contributed by atoms with Crippen molar-refractivity contribution in [2.45, 2.75) is 161 Å². The van der Waals surface area contributed by atoms with E-state index in [0.29, 0.717) is 86.7 Å². The topological polar surface area (TPSA) is 260 Å². The first-order valence-corrected chi connectivity index (χ1v) is 39.8. The molecule has 0 unspecified atom stereocenters. The Morgan fingerprint density at radius 2 is 1.05 bits per heavy atom. The number of morpholine rings is 2. The lowest BCUT2D eigenvalue weighted by atomic mass is 9.76. The van der Waals surface area contributed by atoms with Gasteiger partial charge in [-0.15, -0.1) is 12.4 Å². The van der Waals surface area contributed by atoms with Crippen molar-refractivity contribution in [1.82, 2.24) is 24.8 Å². The summed E-state index contributed by atoms with van der Waals surface area (Å²) < 4.78 is 135. The average molecular weight is 1830 g/mol. The van der Waals surface area contributed by atoms with Crippen molar-refractivity contribution < 1.29 is 78.1 Å². The van der Waals surface area contributed by atoms with E-state index in [1.165, 1.54) is 19.4 Å². The molecule has 0 bridgehead atoms. The molecule has 2 aromatic carbocycles. The number of urea groups is 2. The Morgan fingerprint density at radius 1 is 0.586 bits per heavy atom. The number of nitrogens with two attached hydrogens (primary N) is 2. The molecule has 8 N–H and O–H groups in total. The van der Waals surface area contributed by atoms with Crippen LogP contribution in [0, 0.1) is 38.8 Å². The molecular formula is C76H112BClF7I2N13O10S. The SMILES string of the molecule is CCOCC.Cc1ccc(NC(=O)N2CC[C@@H](CC(F)(F)F)C2)cc1-c1cc(N)nc(N[C@H]2CCCOC2)c1.Cc1ccc(NC(=O)N2CC[C@@H](CC(F)(F)F)C2)cc1B1OC(C)(C)C(C)(C)O1.Cl.Fc1cc(I)cc(N2CCOCC2)n1.Ic1cc(N[C@H]2CCCOC2)nc(N2CCOCC2)c1.N[C@H]1CCCOC1.S. The van der Waals surface area contributed by atoms with Gasteiger partial charge in [0, 0.05) is 129 Å². The van der Waals surface area contributed by atoms with Crippen molar-refractivity contribution in [2.75, 3.05) is 168 Å². The molecule has 620 valence electrons. The fourth-order valence-electron chi connectivity index (χ4n) is 13.2. The second-order valence-electron chi connectivity index (χ2n) is 29.1. The number of nitrogens with zero attached hydrogens (tertiary/aromatic N) is 7. The van der Waals surface area contributed by atoms with Crippen LogP contribution >= 0.6 is 71.1 Å². The molecule has 5 aromatic rings. The molecule has 11 heterocycles. The fraction of sp³-hybridized carbons (Fsp3) is 0.618. The highest BCUT2D eigenvalue weighted by Gasteiger charge is 2.52. The van der Waals surface area contributed by atoms with Gasteiger partial charge in [0.15, 0.2) is 0 Å². The Balaban J connectivity index is 0.000000225. The molecule has 111 heavy (non-hydrogen) atoms. The van der Waals surface area contributed by atoms with Crippen molar-refractivity contribution in [3.8, 4) is 11.1 Å². The summed E-state index contributed by atoms with van der Waals surface area (Å²) in [6.45, 7) is 29.4. The van der Waals surface area contributed by atoms with Gasteiger partial charge in [0.2, 0.25) is 5.95 Å². The number of rotatable bonds is 14. The van der Waals surface area contributed by atoms with Gasteiger partial charge in [-0.2, -0.15) is 44.2 Å². The molecular weight excluding hydrogens is 1720 g/mol. The highest BCUT2D eigenvalue weighted by Crippen LogP contribution is 2.38. The van der Waals surface area contributed by atoms with E-state index in [0.717, 1.165) is 167 Å². The molecule has 3 aromatic heterocycles. The Hall–Kier alpha value is -5.26. The van der Waals surface area contributed by atoms with E-state index in [4.69, 9.17) is 54.2 Å².